The third-order valence-corrected chi connectivity index (χ3v) is 4.44. The molecule has 146 valence electrons. The Hall–Kier alpha value is -2.57. The van der Waals surface area contributed by atoms with Gasteiger partial charge in [-0.2, -0.15) is 0 Å². The number of ether oxygens (including phenoxy) is 2. The number of rotatable bonds is 4. The number of nitrogens with zero attached hydrogens (tertiary/aromatic N) is 3. The van der Waals surface area contributed by atoms with Crippen molar-refractivity contribution in [2.45, 2.75) is 51.7 Å². The quantitative estimate of drug-likeness (QED) is 0.879. The number of hydrogen-bond acceptors (Lipinski definition) is 6. The van der Waals surface area contributed by atoms with Gasteiger partial charge in [-0.15, -0.1) is 0 Å². The number of hydrogen-bond donors (Lipinski definition) is 1. The van der Waals surface area contributed by atoms with Gasteiger partial charge in [0.25, 0.3) is 5.88 Å². The number of anilines is 1. The normalized spacial score (nSPS) is 17.6. The van der Waals surface area contributed by atoms with Crippen molar-refractivity contribution in [1.82, 2.24) is 14.9 Å². The topological polar surface area (TPSA) is 76.6 Å². The Labute approximate surface area is 160 Å². The zero-order valence-corrected chi connectivity index (χ0v) is 16.5. The average molecular weight is 372 g/mol. The maximum atomic E-state index is 12.5. The summed E-state index contributed by atoms with van der Waals surface area (Å²) in [4.78, 5) is 23.5. The van der Waals surface area contributed by atoms with Crippen molar-refractivity contribution >= 4 is 22.9 Å². The minimum absolute atomic E-state index is 0.0356. The van der Waals surface area contributed by atoms with Crippen LogP contribution in [0.5, 0.6) is 5.88 Å². The van der Waals surface area contributed by atoms with Gasteiger partial charge in [0.05, 0.1) is 17.1 Å². The van der Waals surface area contributed by atoms with E-state index in [1.54, 1.807) is 11.9 Å². The van der Waals surface area contributed by atoms with Crippen molar-refractivity contribution in [3.8, 4) is 5.88 Å². The molecule has 1 aromatic heterocycles. The molecule has 27 heavy (non-hydrogen) atoms. The van der Waals surface area contributed by atoms with Crippen LogP contribution in [-0.4, -0.2) is 52.8 Å². The highest BCUT2D eigenvalue weighted by Crippen LogP contribution is 2.25. The number of para-hydroxylation sites is 2. The Kier molecular flexibility index (Phi) is 5.68. The molecule has 0 bridgehead atoms. The van der Waals surface area contributed by atoms with Crippen LogP contribution in [0.1, 0.15) is 40.0 Å². The summed E-state index contributed by atoms with van der Waals surface area (Å²) in [6, 6.07) is 7.63. The lowest BCUT2D eigenvalue weighted by Gasteiger charge is -2.36. The molecule has 1 aliphatic heterocycles. The van der Waals surface area contributed by atoms with Crippen molar-refractivity contribution in [1.29, 1.82) is 0 Å². The van der Waals surface area contributed by atoms with Crippen LogP contribution in [-0.2, 0) is 4.74 Å². The highest BCUT2D eigenvalue weighted by molar-refractivity contribution is 5.77. The highest BCUT2D eigenvalue weighted by atomic mass is 16.6. The minimum Gasteiger partial charge on any atom is -0.473 e. The van der Waals surface area contributed by atoms with E-state index in [9.17, 15) is 4.79 Å². The number of benzene rings is 1. The number of nitrogens with one attached hydrogen (secondary N) is 1. The summed E-state index contributed by atoms with van der Waals surface area (Å²) in [5.41, 5.74) is 1.07. The number of aromatic nitrogens is 2. The lowest BCUT2D eigenvalue weighted by molar-refractivity contribution is 0.00340. The fourth-order valence-corrected chi connectivity index (χ4v) is 3.16. The number of amides is 1. The predicted molar refractivity (Wildman–Crippen MR) is 105 cm³/mol. The Balaban J connectivity index is 1.74. The van der Waals surface area contributed by atoms with E-state index in [4.69, 9.17) is 9.47 Å². The largest absolute Gasteiger partial charge is 0.473 e. The molecule has 7 nitrogen and oxygen atoms in total. The molecule has 1 amide bonds. The highest BCUT2D eigenvalue weighted by Gasteiger charge is 2.31. The van der Waals surface area contributed by atoms with Crippen LogP contribution >= 0.6 is 0 Å². The molecule has 0 radical (unpaired) electrons. The van der Waals surface area contributed by atoms with E-state index in [0.717, 1.165) is 30.3 Å². The molecule has 1 fully saturated rings. The number of fused-ring (bicyclic) bond motifs is 1. The van der Waals surface area contributed by atoms with Gasteiger partial charge in [0.15, 0.2) is 5.82 Å². The Bertz CT molecular complexity index is 803. The summed E-state index contributed by atoms with van der Waals surface area (Å²) in [6.45, 7) is 6.69. The van der Waals surface area contributed by atoms with E-state index in [-0.39, 0.29) is 12.1 Å². The molecule has 0 saturated carbocycles. The van der Waals surface area contributed by atoms with Crippen molar-refractivity contribution in [3.05, 3.63) is 24.3 Å². The molecule has 0 spiro atoms. The molecule has 1 atom stereocenters. The standard InChI is InChI=1S/C20H28N4O3/c1-20(2,3)27-19(25)24-12-8-7-9-14(24)13-26-18-17(21-4)22-15-10-5-6-11-16(15)23-18/h5-6,10-11,14H,7-9,12-13H2,1-4H3,(H,21,22)/t14-/m1/s1. The van der Waals surface area contributed by atoms with E-state index in [1.807, 2.05) is 45.0 Å². The van der Waals surface area contributed by atoms with Crippen LogP contribution in [0.25, 0.3) is 11.0 Å². The SMILES string of the molecule is CNc1nc2ccccc2nc1OC[C@H]1CCCCN1C(=O)OC(C)(C)C. The predicted octanol–water partition coefficient (Wildman–Crippen LogP) is 3.84. The van der Waals surface area contributed by atoms with E-state index < -0.39 is 5.60 Å². The van der Waals surface area contributed by atoms with Crippen LogP contribution in [0.3, 0.4) is 0 Å². The molecular formula is C20H28N4O3. The van der Waals surface area contributed by atoms with E-state index in [1.165, 1.54) is 0 Å². The number of carbonyl (C=O) groups is 1. The summed E-state index contributed by atoms with van der Waals surface area (Å²) < 4.78 is 11.6. The van der Waals surface area contributed by atoms with Gasteiger partial charge in [0, 0.05) is 13.6 Å². The van der Waals surface area contributed by atoms with Crippen LogP contribution in [0, 0.1) is 0 Å². The first kappa shape index (κ1) is 19.2. The summed E-state index contributed by atoms with van der Waals surface area (Å²) in [5.74, 6) is 1.04. The van der Waals surface area contributed by atoms with Gasteiger partial charge in [-0.05, 0) is 52.2 Å². The Morgan fingerprint density at radius 2 is 1.93 bits per heavy atom. The van der Waals surface area contributed by atoms with Gasteiger partial charge in [0.2, 0.25) is 0 Å². The van der Waals surface area contributed by atoms with Crippen molar-refractivity contribution in [3.63, 3.8) is 0 Å². The second-order valence-electron chi connectivity index (χ2n) is 7.75. The Morgan fingerprint density at radius 3 is 2.59 bits per heavy atom. The zero-order valence-electron chi connectivity index (χ0n) is 16.5. The molecule has 1 aromatic carbocycles. The molecule has 0 aliphatic carbocycles. The summed E-state index contributed by atoms with van der Waals surface area (Å²) in [7, 11) is 1.79. The molecule has 7 heteroatoms. The smallest absolute Gasteiger partial charge is 0.410 e. The fourth-order valence-electron chi connectivity index (χ4n) is 3.16. The molecule has 0 unspecified atom stereocenters. The minimum atomic E-state index is -0.511. The first-order chi connectivity index (χ1) is 12.9. The number of carbonyl (C=O) groups excluding carboxylic acids is 1. The van der Waals surface area contributed by atoms with Crippen LogP contribution in [0.15, 0.2) is 24.3 Å². The van der Waals surface area contributed by atoms with Crippen LogP contribution < -0.4 is 10.1 Å². The van der Waals surface area contributed by atoms with Gasteiger partial charge in [-0.25, -0.2) is 14.8 Å². The number of piperidine rings is 1. The third kappa shape index (κ3) is 4.78. The van der Waals surface area contributed by atoms with E-state index in [2.05, 4.69) is 15.3 Å². The molecule has 2 heterocycles. The summed E-state index contributed by atoms with van der Waals surface area (Å²) >= 11 is 0. The summed E-state index contributed by atoms with van der Waals surface area (Å²) in [6.07, 6.45) is 2.65. The molecular weight excluding hydrogens is 344 g/mol. The Morgan fingerprint density at radius 1 is 1.22 bits per heavy atom. The van der Waals surface area contributed by atoms with Gasteiger partial charge in [0.1, 0.15) is 12.2 Å². The first-order valence-corrected chi connectivity index (χ1v) is 9.44. The van der Waals surface area contributed by atoms with Crippen LogP contribution in [0.2, 0.25) is 0 Å². The third-order valence-electron chi connectivity index (χ3n) is 4.44. The van der Waals surface area contributed by atoms with Gasteiger partial charge in [-0.1, -0.05) is 12.1 Å². The van der Waals surface area contributed by atoms with Crippen molar-refractivity contribution in [2.24, 2.45) is 0 Å². The second-order valence-corrected chi connectivity index (χ2v) is 7.75. The van der Waals surface area contributed by atoms with Gasteiger partial charge in [-0.3, -0.25) is 0 Å². The molecule has 1 saturated heterocycles. The summed E-state index contributed by atoms with van der Waals surface area (Å²) in [5, 5.41) is 3.04. The maximum Gasteiger partial charge on any atom is 0.410 e. The average Bonchev–Trinajstić information content (AvgIpc) is 2.64. The van der Waals surface area contributed by atoms with Gasteiger partial charge < -0.3 is 19.7 Å². The molecule has 1 aliphatic rings. The first-order valence-electron chi connectivity index (χ1n) is 9.44. The van der Waals surface area contributed by atoms with Crippen molar-refractivity contribution in [2.75, 3.05) is 25.5 Å². The fraction of sp³-hybridized carbons (Fsp3) is 0.550. The second kappa shape index (κ2) is 7.98. The van der Waals surface area contributed by atoms with E-state index in [0.29, 0.717) is 24.8 Å². The molecule has 3 rings (SSSR count). The number of likely N-dealkylation sites (tertiary alicyclic amines) is 1. The maximum absolute atomic E-state index is 12.5. The van der Waals surface area contributed by atoms with Gasteiger partial charge >= 0.3 is 6.09 Å². The van der Waals surface area contributed by atoms with Crippen molar-refractivity contribution < 1.29 is 14.3 Å². The monoisotopic (exact) mass is 372 g/mol. The lowest BCUT2D eigenvalue weighted by atomic mass is 10.0. The molecule has 1 N–H and O–H groups in total. The molecule has 2 aromatic rings. The van der Waals surface area contributed by atoms with Crippen LogP contribution in [0.4, 0.5) is 10.6 Å². The lowest BCUT2D eigenvalue weighted by Crippen LogP contribution is -2.48. The zero-order chi connectivity index (χ0) is 19.4. The van der Waals surface area contributed by atoms with E-state index >= 15 is 0 Å².